The molecular formula is C81H155NO13. The summed E-state index contributed by atoms with van der Waals surface area (Å²) >= 11 is 0. The summed E-state index contributed by atoms with van der Waals surface area (Å²) in [5.41, 5.74) is 0. The highest BCUT2D eigenvalue weighted by Crippen LogP contribution is 2.31. The predicted molar refractivity (Wildman–Crippen MR) is 392 cm³/mol. The van der Waals surface area contributed by atoms with Crippen LogP contribution >= 0.6 is 0 Å². The third-order valence-corrected chi connectivity index (χ3v) is 20.4. The highest BCUT2D eigenvalue weighted by atomic mass is 16.7. The van der Waals surface area contributed by atoms with Gasteiger partial charge in [0.25, 0.3) is 0 Å². The molecule has 14 nitrogen and oxygen atoms in total. The van der Waals surface area contributed by atoms with E-state index in [0.29, 0.717) is 12.8 Å². The summed E-state index contributed by atoms with van der Waals surface area (Å²) < 4.78 is 23.0. The molecule has 2 aliphatic rings. The maximum Gasteiger partial charge on any atom is 0.220 e. The SMILES string of the molecule is CCCCCCC/C=C\C/C=C\CCCCCCCCCCCCCCCCCCCCCCCC(=O)NC(COC1OC(CO)C(OC2OC(CO)C(O)C(O)C2O)C(O)C1O)C(O)CCCCCCCCCCCCCCCCCCCCCCCCCCCCCC. The molecule has 2 heterocycles. The second-order valence-corrected chi connectivity index (χ2v) is 29.3. The number of aliphatic hydroxyl groups excluding tert-OH is 8. The maximum atomic E-state index is 13.4. The van der Waals surface area contributed by atoms with E-state index in [0.717, 1.165) is 57.8 Å². The molecule has 2 saturated heterocycles. The Hall–Kier alpha value is -1.53. The molecule has 0 radical (unpaired) electrons. The molecule has 0 saturated carbocycles. The first-order valence-electron chi connectivity index (χ1n) is 41.1. The van der Waals surface area contributed by atoms with Gasteiger partial charge in [0.15, 0.2) is 12.6 Å². The van der Waals surface area contributed by atoms with Crippen LogP contribution in [0.2, 0.25) is 0 Å². The molecule has 0 aromatic rings. The lowest BCUT2D eigenvalue weighted by Crippen LogP contribution is -2.65. The molecule has 2 rings (SSSR count). The number of hydrogen-bond acceptors (Lipinski definition) is 13. The van der Waals surface area contributed by atoms with Gasteiger partial charge >= 0.3 is 0 Å². The molecule has 0 bridgehead atoms. The molecule has 2 fully saturated rings. The number of hydrogen-bond donors (Lipinski definition) is 9. The second-order valence-electron chi connectivity index (χ2n) is 29.3. The van der Waals surface area contributed by atoms with E-state index in [1.54, 1.807) is 0 Å². The minimum Gasteiger partial charge on any atom is -0.394 e. The van der Waals surface area contributed by atoms with Gasteiger partial charge in [0.05, 0.1) is 32.0 Å². The summed E-state index contributed by atoms with van der Waals surface area (Å²) in [6.07, 6.45) is 68.0. The smallest absolute Gasteiger partial charge is 0.220 e. The Bertz CT molecular complexity index is 1690. The zero-order valence-electron chi connectivity index (χ0n) is 61.7. The van der Waals surface area contributed by atoms with E-state index in [9.17, 15) is 45.6 Å². The fourth-order valence-electron chi connectivity index (χ4n) is 13.9. The third-order valence-electron chi connectivity index (χ3n) is 20.4. The van der Waals surface area contributed by atoms with Crippen molar-refractivity contribution in [1.29, 1.82) is 0 Å². The molecule has 12 atom stereocenters. The average molecular weight is 1350 g/mol. The molecule has 95 heavy (non-hydrogen) atoms. The van der Waals surface area contributed by atoms with E-state index in [4.69, 9.17) is 18.9 Å². The zero-order chi connectivity index (χ0) is 68.7. The Balaban J connectivity index is 1.59. The lowest BCUT2D eigenvalue weighted by Gasteiger charge is -2.46. The Labute approximate surface area is 583 Å². The van der Waals surface area contributed by atoms with Gasteiger partial charge in [0.2, 0.25) is 5.91 Å². The van der Waals surface area contributed by atoms with Crippen LogP contribution in [0.4, 0.5) is 0 Å². The third kappa shape index (κ3) is 48.9. The van der Waals surface area contributed by atoms with Crippen LogP contribution in [0.1, 0.15) is 393 Å². The van der Waals surface area contributed by atoms with E-state index in [1.165, 1.54) is 308 Å². The Morgan fingerprint density at radius 2 is 0.695 bits per heavy atom. The van der Waals surface area contributed by atoms with E-state index in [1.807, 2.05) is 0 Å². The second kappa shape index (κ2) is 65.8. The van der Waals surface area contributed by atoms with Gasteiger partial charge in [-0.3, -0.25) is 4.79 Å². The van der Waals surface area contributed by atoms with Crippen molar-refractivity contribution in [3.8, 4) is 0 Å². The number of nitrogens with one attached hydrogen (secondary N) is 1. The van der Waals surface area contributed by atoms with Crippen LogP contribution in [-0.4, -0.2) is 140 Å². The number of rotatable bonds is 70. The van der Waals surface area contributed by atoms with Crippen LogP contribution in [0.15, 0.2) is 24.3 Å². The highest BCUT2D eigenvalue weighted by molar-refractivity contribution is 5.76. The predicted octanol–water partition coefficient (Wildman–Crippen LogP) is 18.6. The average Bonchev–Trinajstić information content (AvgIpc) is 0.801. The van der Waals surface area contributed by atoms with Gasteiger partial charge in [0.1, 0.15) is 48.8 Å². The quantitative estimate of drug-likeness (QED) is 0.0204. The summed E-state index contributed by atoms with van der Waals surface area (Å²) in [5, 5.41) is 87.9. The summed E-state index contributed by atoms with van der Waals surface area (Å²) in [6.45, 7) is 2.93. The molecule has 9 N–H and O–H groups in total. The molecule has 0 aliphatic carbocycles. The molecule has 14 heteroatoms. The number of unbranched alkanes of at least 4 members (excludes halogenated alkanes) is 53. The molecule has 0 aromatic carbocycles. The van der Waals surface area contributed by atoms with E-state index in [2.05, 4.69) is 43.5 Å². The summed E-state index contributed by atoms with van der Waals surface area (Å²) in [4.78, 5) is 13.4. The number of allylic oxidation sites excluding steroid dienone is 4. The summed E-state index contributed by atoms with van der Waals surface area (Å²) in [5.74, 6) is -0.197. The molecule has 1 amide bonds. The van der Waals surface area contributed by atoms with Crippen LogP contribution in [-0.2, 0) is 23.7 Å². The zero-order valence-corrected chi connectivity index (χ0v) is 61.7. The minimum atomic E-state index is -1.78. The van der Waals surface area contributed by atoms with Gasteiger partial charge in [-0.15, -0.1) is 0 Å². The molecule has 0 spiro atoms. The monoisotopic (exact) mass is 1350 g/mol. The largest absolute Gasteiger partial charge is 0.394 e. The number of carbonyl (C=O) groups is 1. The van der Waals surface area contributed by atoms with Crippen molar-refractivity contribution < 1.29 is 64.6 Å². The van der Waals surface area contributed by atoms with Crippen molar-refractivity contribution in [2.24, 2.45) is 0 Å². The fourth-order valence-corrected chi connectivity index (χ4v) is 13.9. The van der Waals surface area contributed by atoms with Crippen molar-refractivity contribution in [3.63, 3.8) is 0 Å². The van der Waals surface area contributed by atoms with Crippen molar-refractivity contribution >= 4 is 5.91 Å². The van der Waals surface area contributed by atoms with Gasteiger partial charge in [-0.25, -0.2) is 0 Å². The molecule has 562 valence electrons. The van der Waals surface area contributed by atoms with Crippen LogP contribution < -0.4 is 5.32 Å². The van der Waals surface area contributed by atoms with Gasteiger partial charge in [-0.05, 0) is 44.9 Å². The van der Waals surface area contributed by atoms with E-state index >= 15 is 0 Å². The summed E-state index contributed by atoms with van der Waals surface area (Å²) in [6, 6.07) is -0.828. The lowest BCUT2D eigenvalue weighted by atomic mass is 9.97. The lowest BCUT2D eigenvalue weighted by molar-refractivity contribution is -0.359. The highest BCUT2D eigenvalue weighted by Gasteiger charge is 2.51. The van der Waals surface area contributed by atoms with Gasteiger partial charge in [-0.2, -0.15) is 0 Å². The molecule has 12 unspecified atom stereocenters. The Morgan fingerprint density at radius 3 is 1.05 bits per heavy atom. The van der Waals surface area contributed by atoms with Crippen LogP contribution in [0, 0.1) is 0 Å². The van der Waals surface area contributed by atoms with Gasteiger partial charge in [0, 0.05) is 6.42 Å². The standard InChI is InChI=1S/C81H155NO13/c1-3-5-7-9-11-13-15-17-19-21-23-25-27-29-31-33-34-35-36-37-39-41-43-45-47-49-51-53-55-57-59-61-63-65-73(86)82-69(68-92-80-78(91)76(89)79(72(67-84)94-80)95-81-77(90)75(88)74(87)71(66-83)93-81)70(85)64-62-60-58-56-54-52-50-48-46-44-42-40-38-32-30-28-26-24-22-20-18-16-14-12-10-8-6-4-2/h15,17,21,23,69-72,74-81,83-85,87-91H,3-14,16,18-20,22,24-68H2,1-2H3,(H,82,86)/b17-15-,23-21-. The minimum absolute atomic E-state index is 0.197. The van der Waals surface area contributed by atoms with E-state index in [-0.39, 0.29) is 12.5 Å². The molecular weight excluding hydrogens is 1190 g/mol. The number of ether oxygens (including phenoxy) is 4. The van der Waals surface area contributed by atoms with E-state index < -0.39 is 86.8 Å². The first-order chi connectivity index (χ1) is 46.6. The van der Waals surface area contributed by atoms with Crippen molar-refractivity contribution in [2.75, 3.05) is 19.8 Å². The fraction of sp³-hybridized carbons (Fsp3) is 0.938. The first kappa shape index (κ1) is 89.6. The first-order valence-corrected chi connectivity index (χ1v) is 41.1. The number of aliphatic hydroxyl groups is 8. The molecule has 0 aromatic heterocycles. The number of carbonyl (C=O) groups excluding carboxylic acids is 1. The van der Waals surface area contributed by atoms with Gasteiger partial charge in [-0.1, -0.05) is 366 Å². The Morgan fingerprint density at radius 1 is 0.379 bits per heavy atom. The maximum absolute atomic E-state index is 13.4. The van der Waals surface area contributed by atoms with Crippen LogP contribution in [0.25, 0.3) is 0 Å². The van der Waals surface area contributed by atoms with Crippen molar-refractivity contribution in [2.45, 2.75) is 466 Å². The van der Waals surface area contributed by atoms with Crippen LogP contribution in [0.5, 0.6) is 0 Å². The van der Waals surface area contributed by atoms with Crippen molar-refractivity contribution in [1.82, 2.24) is 5.32 Å². The normalized spacial score (nSPS) is 22.4. The topological polar surface area (TPSA) is 228 Å². The Kier molecular flexibility index (Phi) is 62.0. The summed E-state index contributed by atoms with van der Waals surface area (Å²) in [7, 11) is 0. The van der Waals surface area contributed by atoms with Crippen molar-refractivity contribution in [3.05, 3.63) is 24.3 Å². The molecule has 2 aliphatic heterocycles. The number of amides is 1. The van der Waals surface area contributed by atoms with Gasteiger partial charge < -0.3 is 65.1 Å². The van der Waals surface area contributed by atoms with Crippen LogP contribution in [0.3, 0.4) is 0 Å².